The van der Waals surface area contributed by atoms with Crippen molar-refractivity contribution >= 4 is 0 Å². The first-order chi connectivity index (χ1) is 7.79. The molecule has 0 saturated carbocycles. The van der Waals surface area contributed by atoms with Gasteiger partial charge >= 0.3 is 0 Å². The van der Waals surface area contributed by atoms with E-state index in [1.54, 1.807) is 6.08 Å². The Balaban J connectivity index is 2.69. The van der Waals surface area contributed by atoms with Crippen molar-refractivity contribution in [2.24, 2.45) is 0 Å². The summed E-state index contributed by atoms with van der Waals surface area (Å²) < 4.78 is 5.76. The number of hydrogen-bond donors (Lipinski definition) is 0. The van der Waals surface area contributed by atoms with Crippen molar-refractivity contribution in [3.8, 4) is 0 Å². The monoisotopic (exact) mass is 216 g/mol. The van der Waals surface area contributed by atoms with Crippen molar-refractivity contribution in [3.63, 3.8) is 0 Å². The number of ether oxygens (including phenoxy) is 1. The fourth-order valence-corrected chi connectivity index (χ4v) is 1.74. The van der Waals surface area contributed by atoms with Crippen LogP contribution in [-0.4, -0.2) is 12.7 Å². The van der Waals surface area contributed by atoms with E-state index < -0.39 is 0 Å². The Labute approximate surface area is 98.5 Å². The molecule has 0 aliphatic heterocycles. The van der Waals surface area contributed by atoms with E-state index in [-0.39, 0.29) is 6.10 Å². The average Bonchev–Trinajstić information content (AvgIpc) is 2.35. The molecule has 0 bridgehead atoms. The van der Waals surface area contributed by atoms with E-state index in [0.717, 1.165) is 6.42 Å². The van der Waals surface area contributed by atoms with Gasteiger partial charge < -0.3 is 4.74 Å². The number of benzene rings is 1. The van der Waals surface area contributed by atoms with E-state index in [1.807, 2.05) is 12.1 Å². The van der Waals surface area contributed by atoms with E-state index in [1.165, 1.54) is 5.56 Å². The molecule has 0 aliphatic carbocycles. The average molecular weight is 216 g/mol. The Bertz CT molecular complexity index is 315. The summed E-state index contributed by atoms with van der Waals surface area (Å²) >= 11 is 0. The van der Waals surface area contributed by atoms with Gasteiger partial charge in [0.25, 0.3) is 0 Å². The molecule has 1 aromatic carbocycles. The van der Waals surface area contributed by atoms with Crippen molar-refractivity contribution in [2.75, 3.05) is 6.61 Å². The molecule has 0 saturated heterocycles. The second-order valence-corrected chi connectivity index (χ2v) is 3.88. The zero-order chi connectivity index (χ0) is 11.8. The van der Waals surface area contributed by atoms with Crippen molar-refractivity contribution in [1.29, 1.82) is 0 Å². The first-order valence-electron chi connectivity index (χ1n) is 5.68. The highest BCUT2D eigenvalue weighted by Gasteiger charge is 2.17. The largest absolute Gasteiger partial charge is 0.373 e. The Hall–Kier alpha value is -1.34. The molecule has 2 atom stereocenters. The van der Waals surface area contributed by atoms with Crippen LogP contribution in [0.5, 0.6) is 0 Å². The molecule has 1 nitrogen and oxygen atoms in total. The summed E-state index contributed by atoms with van der Waals surface area (Å²) in [5.41, 5.74) is 1.30. The molecule has 1 rings (SSSR count). The van der Waals surface area contributed by atoms with E-state index in [9.17, 15) is 0 Å². The predicted octanol–water partition coefficient (Wildman–Crippen LogP) is 3.94. The van der Waals surface area contributed by atoms with Gasteiger partial charge in [0.1, 0.15) is 0 Å². The van der Waals surface area contributed by atoms with Crippen molar-refractivity contribution in [1.82, 2.24) is 0 Å². The Morgan fingerprint density at radius 2 is 1.88 bits per heavy atom. The molecule has 0 aromatic heterocycles. The van der Waals surface area contributed by atoms with E-state index in [0.29, 0.717) is 12.5 Å². The summed E-state index contributed by atoms with van der Waals surface area (Å²) in [5.74, 6) is 0.374. The van der Waals surface area contributed by atoms with E-state index >= 15 is 0 Å². The summed E-state index contributed by atoms with van der Waals surface area (Å²) in [5, 5.41) is 0. The molecule has 0 unspecified atom stereocenters. The molecule has 0 fully saturated rings. The number of rotatable bonds is 7. The molecule has 0 N–H and O–H groups in total. The minimum atomic E-state index is 0.179. The topological polar surface area (TPSA) is 9.23 Å². The molecule has 1 aromatic rings. The van der Waals surface area contributed by atoms with Crippen LogP contribution in [0.25, 0.3) is 0 Å². The van der Waals surface area contributed by atoms with Gasteiger partial charge in [-0.25, -0.2) is 0 Å². The maximum atomic E-state index is 5.76. The lowest BCUT2D eigenvalue weighted by Gasteiger charge is -2.23. The SMILES string of the molecule is C=CCO[C@@H](CC=C)[C@@H](C)c1ccccc1. The van der Waals surface area contributed by atoms with Gasteiger partial charge in [0, 0.05) is 5.92 Å². The predicted molar refractivity (Wildman–Crippen MR) is 69.6 cm³/mol. The molecule has 0 heterocycles. The first kappa shape index (κ1) is 12.7. The summed E-state index contributed by atoms with van der Waals surface area (Å²) in [6.45, 7) is 10.2. The maximum Gasteiger partial charge on any atom is 0.0679 e. The molecule has 1 heteroatoms. The lowest BCUT2D eigenvalue weighted by atomic mass is 9.93. The van der Waals surface area contributed by atoms with E-state index in [4.69, 9.17) is 4.74 Å². The Kier molecular flexibility index (Phi) is 5.58. The highest BCUT2D eigenvalue weighted by atomic mass is 16.5. The van der Waals surface area contributed by atoms with Gasteiger partial charge in [-0.3, -0.25) is 0 Å². The van der Waals surface area contributed by atoms with Gasteiger partial charge in [-0.15, -0.1) is 13.2 Å². The molecule has 0 radical (unpaired) electrons. The molecule has 16 heavy (non-hydrogen) atoms. The van der Waals surface area contributed by atoms with Crippen LogP contribution in [0, 0.1) is 0 Å². The van der Waals surface area contributed by atoms with Gasteiger partial charge in [-0.05, 0) is 12.0 Å². The van der Waals surface area contributed by atoms with Crippen molar-refractivity contribution < 1.29 is 4.74 Å². The molecule has 0 spiro atoms. The lowest BCUT2D eigenvalue weighted by Crippen LogP contribution is -2.20. The molecular formula is C15H20O. The summed E-state index contributed by atoms with van der Waals surface area (Å²) in [6, 6.07) is 10.4. The third-order valence-electron chi connectivity index (χ3n) is 2.71. The van der Waals surface area contributed by atoms with Crippen LogP contribution in [0.3, 0.4) is 0 Å². The minimum absolute atomic E-state index is 0.179. The van der Waals surface area contributed by atoms with Gasteiger partial charge in [-0.1, -0.05) is 49.4 Å². The van der Waals surface area contributed by atoms with Gasteiger partial charge in [0.05, 0.1) is 12.7 Å². The maximum absolute atomic E-state index is 5.76. The first-order valence-corrected chi connectivity index (χ1v) is 5.68. The second-order valence-electron chi connectivity index (χ2n) is 3.88. The van der Waals surface area contributed by atoms with Crippen LogP contribution < -0.4 is 0 Å². The lowest BCUT2D eigenvalue weighted by molar-refractivity contribution is 0.0596. The van der Waals surface area contributed by atoms with Crippen LogP contribution in [0.15, 0.2) is 55.6 Å². The quantitative estimate of drug-likeness (QED) is 0.627. The Morgan fingerprint density at radius 1 is 1.19 bits per heavy atom. The smallest absolute Gasteiger partial charge is 0.0679 e. The third kappa shape index (κ3) is 3.67. The third-order valence-corrected chi connectivity index (χ3v) is 2.71. The number of hydrogen-bond acceptors (Lipinski definition) is 1. The van der Waals surface area contributed by atoms with Gasteiger partial charge in [0.2, 0.25) is 0 Å². The normalized spacial score (nSPS) is 14.1. The molecule has 0 amide bonds. The van der Waals surface area contributed by atoms with Gasteiger partial charge in [0.15, 0.2) is 0 Å². The van der Waals surface area contributed by atoms with Crippen LogP contribution in [0.1, 0.15) is 24.8 Å². The highest BCUT2D eigenvalue weighted by molar-refractivity contribution is 5.20. The van der Waals surface area contributed by atoms with E-state index in [2.05, 4.69) is 44.3 Å². The fourth-order valence-electron chi connectivity index (χ4n) is 1.74. The molecule has 0 aliphatic rings. The minimum Gasteiger partial charge on any atom is -0.373 e. The molecular weight excluding hydrogens is 196 g/mol. The standard InChI is InChI=1S/C15H20O/c1-4-9-15(16-12-5-2)13(3)14-10-7-6-8-11-14/h4-8,10-11,13,15H,1-2,9,12H2,3H3/t13-,15-/m0/s1. The van der Waals surface area contributed by atoms with Crippen molar-refractivity contribution in [2.45, 2.75) is 25.4 Å². The summed E-state index contributed by atoms with van der Waals surface area (Å²) in [6.07, 6.45) is 4.74. The van der Waals surface area contributed by atoms with Gasteiger partial charge in [-0.2, -0.15) is 0 Å². The summed E-state index contributed by atoms with van der Waals surface area (Å²) in [4.78, 5) is 0. The highest BCUT2D eigenvalue weighted by Crippen LogP contribution is 2.23. The Morgan fingerprint density at radius 3 is 2.44 bits per heavy atom. The summed E-state index contributed by atoms with van der Waals surface area (Å²) in [7, 11) is 0. The van der Waals surface area contributed by atoms with Crippen LogP contribution in [-0.2, 0) is 4.74 Å². The zero-order valence-corrected chi connectivity index (χ0v) is 9.93. The molecule has 86 valence electrons. The zero-order valence-electron chi connectivity index (χ0n) is 9.93. The second kappa shape index (κ2) is 7.02. The van der Waals surface area contributed by atoms with Crippen molar-refractivity contribution in [3.05, 3.63) is 61.2 Å². The van der Waals surface area contributed by atoms with Crippen LogP contribution in [0.2, 0.25) is 0 Å². The fraction of sp³-hybridized carbons (Fsp3) is 0.333. The van der Waals surface area contributed by atoms with Crippen LogP contribution in [0.4, 0.5) is 0 Å². The van der Waals surface area contributed by atoms with Crippen LogP contribution >= 0.6 is 0 Å².